The molecule has 0 aliphatic carbocycles. The Morgan fingerprint density at radius 1 is 0.906 bits per heavy atom. The van der Waals surface area contributed by atoms with Crippen LogP contribution in [0.3, 0.4) is 0 Å². The minimum absolute atomic E-state index is 0.0399. The van der Waals surface area contributed by atoms with Crippen molar-refractivity contribution in [2.75, 3.05) is 20.8 Å². The first-order valence-electron chi connectivity index (χ1n) is 23.8. The quantitative estimate of drug-likeness (QED) is 0.142. The van der Waals surface area contributed by atoms with Crippen LogP contribution in [0.4, 0.5) is 0 Å². The maximum atomic E-state index is 13.8. The molecule has 370 valence electrons. The summed E-state index contributed by atoms with van der Waals surface area (Å²) < 4.78 is 50.6. The number of carbonyl (C=O) groups excluding carboxylic acids is 1. The molecule has 21 atom stereocenters. The van der Waals surface area contributed by atoms with Gasteiger partial charge in [0.25, 0.3) is 0 Å². The molecule has 0 radical (unpaired) electrons. The van der Waals surface area contributed by atoms with E-state index in [9.17, 15) is 40.5 Å². The van der Waals surface area contributed by atoms with Crippen LogP contribution >= 0.6 is 0 Å². The molecule has 4 fully saturated rings. The smallest absolute Gasteiger partial charge is 0.330 e. The number of esters is 1. The molecule has 0 aromatic carbocycles. The second kappa shape index (κ2) is 22.2. The van der Waals surface area contributed by atoms with Crippen molar-refractivity contribution in [2.24, 2.45) is 29.6 Å². The lowest BCUT2D eigenvalue weighted by molar-refractivity contribution is -0.364. The lowest BCUT2D eigenvalue weighted by Crippen LogP contribution is -2.60. The van der Waals surface area contributed by atoms with Crippen molar-refractivity contribution in [1.82, 2.24) is 0 Å². The molecule has 5 rings (SSSR count). The van der Waals surface area contributed by atoms with Gasteiger partial charge in [-0.15, -0.1) is 0 Å². The second-order valence-corrected chi connectivity index (χ2v) is 20.4. The molecule has 16 nitrogen and oxygen atoms in total. The van der Waals surface area contributed by atoms with E-state index in [0.717, 1.165) is 25.0 Å². The number of fused-ring (bicyclic) bond motifs is 3. The molecule has 1 spiro atoms. The van der Waals surface area contributed by atoms with Gasteiger partial charge in [-0.05, 0) is 83.6 Å². The SMILES string of the molecule is CC[C@@H](O)C[C@@H]1O[C@@]2(CC[C@@H]1C)C[C@@H]1OC(=O)/C=C/[C@@](C)(O)[C@@H](O)[C@H](C)[C@@H](O)[C@H](O[C@H]3C[C@H](OC)[C@H](O)[C@@H](C)O3)[C@@H](O)[C@](C)(O)CCC/C=C/[C@@H]3C[C@H](C)CO[C@@]3(OC)C[C@H](O2)[C@H]1C. The summed E-state index contributed by atoms with van der Waals surface area (Å²) in [6.07, 6.45) is -1.38. The third kappa shape index (κ3) is 12.5. The van der Waals surface area contributed by atoms with Crippen LogP contribution in [-0.2, 0) is 42.7 Å². The van der Waals surface area contributed by atoms with E-state index in [2.05, 4.69) is 19.9 Å². The summed E-state index contributed by atoms with van der Waals surface area (Å²) in [5, 5.41) is 80.2. The standard InChI is InChI=1S/C48H82O16/c1-11-33(49)22-34-28(3)16-20-47(63-34)24-36-29(4)37(64-47)25-48(58-10)32(21-27(2)26-59-48)15-13-12-14-18-45(7,55)44(54)42(62-39-23-35(57-9)41(52)31(6)60-39)40(51)30(5)43(53)46(8,56)19-17-38(50)61-36/h13,15,17,19,27-37,39-44,49,51-56H,11-12,14,16,18,20-26H2,1-10H3/b15-13+,19-17+/t27-,28-,29-,30+,31+,32+,33+,34-,35-,36-,37-,39-,40+,41+,42-,43-,44+,45+,46+,47+,48-/m0/s1. The highest BCUT2D eigenvalue weighted by molar-refractivity contribution is 5.82. The molecule has 0 unspecified atom stereocenters. The van der Waals surface area contributed by atoms with Crippen molar-refractivity contribution in [2.45, 2.75) is 222 Å². The maximum absolute atomic E-state index is 13.8. The lowest BCUT2D eigenvalue weighted by atomic mass is 9.77. The van der Waals surface area contributed by atoms with Crippen molar-refractivity contribution >= 4 is 5.97 Å². The van der Waals surface area contributed by atoms with Gasteiger partial charge in [-0.3, -0.25) is 0 Å². The van der Waals surface area contributed by atoms with E-state index in [0.29, 0.717) is 38.7 Å². The zero-order valence-corrected chi connectivity index (χ0v) is 39.9. The summed E-state index contributed by atoms with van der Waals surface area (Å²) in [5.41, 5.74) is -3.93. The summed E-state index contributed by atoms with van der Waals surface area (Å²) in [6, 6.07) is 0. The van der Waals surface area contributed by atoms with Crippen LogP contribution in [0.1, 0.15) is 126 Å². The van der Waals surface area contributed by atoms with E-state index in [1.54, 1.807) is 14.0 Å². The van der Waals surface area contributed by atoms with E-state index in [-0.39, 0.29) is 55.5 Å². The summed E-state index contributed by atoms with van der Waals surface area (Å²) in [7, 11) is 3.06. The molecule has 5 heterocycles. The van der Waals surface area contributed by atoms with Gasteiger partial charge < -0.3 is 73.6 Å². The number of allylic oxidation sites excluding steroid dienone is 1. The Kier molecular flexibility index (Phi) is 18.5. The Labute approximate surface area is 380 Å². The Hall–Kier alpha value is -1.61. The summed E-state index contributed by atoms with van der Waals surface area (Å²) in [4.78, 5) is 13.8. The van der Waals surface area contributed by atoms with Gasteiger partial charge in [0.05, 0.1) is 54.9 Å². The molecular formula is C48H82O16. The van der Waals surface area contributed by atoms with E-state index < -0.39 is 102 Å². The first-order valence-corrected chi connectivity index (χ1v) is 23.8. The third-order valence-corrected chi connectivity index (χ3v) is 15.1. The Morgan fingerprint density at radius 3 is 2.30 bits per heavy atom. The average molecular weight is 915 g/mol. The summed E-state index contributed by atoms with van der Waals surface area (Å²) in [5.74, 6) is -4.44. The first kappa shape index (κ1) is 53.3. The fraction of sp³-hybridized carbons (Fsp3) is 0.896. The molecule has 5 aliphatic rings. The van der Waals surface area contributed by atoms with Crippen molar-refractivity contribution in [3.05, 3.63) is 24.3 Å². The molecule has 4 saturated heterocycles. The number of aliphatic hydroxyl groups is 7. The highest BCUT2D eigenvalue weighted by atomic mass is 16.7. The zero-order chi connectivity index (χ0) is 47.4. The van der Waals surface area contributed by atoms with Crippen LogP contribution in [0.25, 0.3) is 0 Å². The monoisotopic (exact) mass is 915 g/mol. The largest absolute Gasteiger partial charge is 0.459 e. The number of hydrogen-bond acceptors (Lipinski definition) is 16. The van der Waals surface area contributed by atoms with Gasteiger partial charge in [0.1, 0.15) is 30.0 Å². The Bertz CT molecular complexity index is 1540. The van der Waals surface area contributed by atoms with Crippen LogP contribution in [0.5, 0.6) is 0 Å². The molecule has 64 heavy (non-hydrogen) atoms. The maximum Gasteiger partial charge on any atom is 0.330 e. The minimum Gasteiger partial charge on any atom is -0.459 e. The average Bonchev–Trinajstić information content (AvgIpc) is 3.25. The third-order valence-electron chi connectivity index (χ3n) is 15.1. The van der Waals surface area contributed by atoms with E-state index in [1.807, 2.05) is 19.9 Å². The fourth-order valence-corrected chi connectivity index (χ4v) is 10.4. The topological polar surface area (TPSA) is 233 Å². The summed E-state index contributed by atoms with van der Waals surface area (Å²) >= 11 is 0. The van der Waals surface area contributed by atoms with Crippen LogP contribution in [-0.4, -0.2) is 159 Å². The molecule has 16 heteroatoms. The highest BCUT2D eigenvalue weighted by Crippen LogP contribution is 2.49. The Morgan fingerprint density at radius 2 is 1.62 bits per heavy atom. The minimum atomic E-state index is -2.11. The lowest BCUT2D eigenvalue weighted by Gasteiger charge is -2.54. The molecule has 2 bridgehead atoms. The first-order chi connectivity index (χ1) is 30.0. The van der Waals surface area contributed by atoms with Gasteiger partial charge in [-0.25, -0.2) is 4.79 Å². The number of carbonyl (C=O) groups is 1. The number of ether oxygens (including phenoxy) is 8. The summed E-state index contributed by atoms with van der Waals surface area (Å²) in [6.45, 7) is 14.4. The molecule has 7 N–H and O–H groups in total. The Balaban J connectivity index is 1.51. The normalized spacial score (nSPS) is 49.7. The van der Waals surface area contributed by atoms with Gasteiger partial charge in [-0.2, -0.15) is 0 Å². The fourth-order valence-electron chi connectivity index (χ4n) is 10.4. The predicted molar refractivity (Wildman–Crippen MR) is 234 cm³/mol. The van der Waals surface area contributed by atoms with Gasteiger partial charge in [0.2, 0.25) is 0 Å². The number of methoxy groups -OCH3 is 2. The van der Waals surface area contributed by atoms with Crippen LogP contribution in [0, 0.1) is 29.6 Å². The van der Waals surface area contributed by atoms with E-state index in [1.165, 1.54) is 27.9 Å². The molecule has 0 saturated carbocycles. The van der Waals surface area contributed by atoms with Crippen LogP contribution in [0.15, 0.2) is 24.3 Å². The number of aliphatic hydroxyl groups excluding tert-OH is 5. The molecule has 0 amide bonds. The molecule has 0 aromatic rings. The van der Waals surface area contributed by atoms with Crippen LogP contribution in [0.2, 0.25) is 0 Å². The number of rotatable bonds is 7. The molecule has 0 aromatic heterocycles. The zero-order valence-electron chi connectivity index (χ0n) is 39.9. The van der Waals surface area contributed by atoms with E-state index in [4.69, 9.17) is 37.9 Å². The van der Waals surface area contributed by atoms with Crippen molar-refractivity contribution in [3.8, 4) is 0 Å². The van der Waals surface area contributed by atoms with Gasteiger partial charge in [-0.1, -0.05) is 46.8 Å². The van der Waals surface area contributed by atoms with Gasteiger partial charge in [0, 0.05) is 63.7 Å². The number of hydrogen-bond donors (Lipinski definition) is 7. The second-order valence-electron chi connectivity index (χ2n) is 20.4. The predicted octanol–water partition coefficient (Wildman–Crippen LogP) is 3.81. The van der Waals surface area contributed by atoms with Crippen LogP contribution < -0.4 is 0 Å². The van der Waals surface area contributed by atoms with E-state index >= 15 is 0 Å². The molecular weight excluding hydrogens is 833 g/mol. The van der Waals surface area contributed by atoms with Gasteiger partial charge in [0.15, 0.2) is 17.9 Å². The van der Waals surface area contributed by atoms with Gasteiger partial charge >= 0.3 is 5.97 Å². The highest BCUT2D eigenvalue weighted by Gasteiger charge is 2.55. The van der Waals surface area contributed by atoms with Crippen molar-refractivity contribution < 1.29 is 78.4 Å². The van der Waals surface area contributed by atoms with Crippen molar-refractivity contribution in [3.63, 3.8) is 0 Å². The molecule has 5 aliphatic heterocycles. The van der Waals surface area contributed by atoms with Crippen molar-refractivity contribution in [1.29, 1.82) is 0 Å².